The van der Waals surface area contributed by atoms with Gasteiger partial charge in [0.25, 0.3) is 12.1 Å². The maximum atomic E-state index is 13.2. The minimum Gasteiger partial charge on any atom is -0.469 e. The van der Waals surface area contributed by atoms with Gasteiger partial charge in [-0.15, -0.1) is 0 Å². The normalized spacial score (nSPS) is 10.5. The van der Waals surface area contributed by atoms with Gasteiger partial charge in [-0.3, -0.25) is 14.9 Å². The van der Waals surface area contributed by atoms with Gasteiger partial charge in [0.15, 0.2) is 5.56 Å². The van der Waals surface area contributed by atoms with Crippen LogP contribution in [0, 0.1) is 16.1 Å². The third kappa shape index (κ3) is 2.93. The quantitative estimate of drug-likeness (QED) is 0.358. The Kier molecular flexibility index (Phi) is 4.18. The van der Waals surface area contributed by atoms with Gasteiger partial charge in [-0.1, -0.05) is 0 Å². The number of pyridine rings is 1. The number of hydrogen-bond acceptors (Lipinski definition) is 5. The van der Waals surface area contributed by atoms with Gasteiger partial charge >= 0.3 is 5.97 Å². The van der Waals surface area contributed by atoms with Gasteiger partial charge in [0.1, 0.15) is 0 Å². The van der Waals surface area contributed by atoms with Crippen molar-refractivity contribution in [2.75, 3.05) is 7.11 Å². The molecule has 0 bridgehead atoms. The number of nitrogens with zero attached hydrogens (tertiary/aromatic N) is 2. The molecule has 1 aromatic heterocycles. The van der Waals surface area contributed by atoms with E-state index in [0.717, 1.165) is 7.11 Å². The first-order valence-electron chi connectivity index (χ1n) is 4.55. The summed E-state index contributed by atoms with van der Waals surface area (Å²) in [5.41, 5.74) is -2.86. The Balaban J connectivity index is 3.28. The Morgan fingerprint density at radius 3 is 2.67 bits per heavy atom. The molecule has 0 aliphatic heterocycles. The zero-order valence-corrected chi connectivity index (χ0v) is 9.02. The van der Waals surface area contributed by atoms with Crippen LogP contribution < -0.4 is 0 Å². The zero-order valence-electron chi connectivity index (χ0n) is 9.02. The summed E-state index contributed by atoms with van der Waals surface area (Å²) in [4.78, 5) is 23.4. The van der Waals surface area contributed by atoms with Crippen molar-refractivity contribution in [3.8, 4) is 0 Å². The Morgan fingerprint density at radius 1 is 1.61 bits per heavy atom. The number of alkyl halides is 2. The predicted octanol–water partition coefficient (Wildman–Crippen LogP) is 1.78. The van der Waals surface area contributed by atoms with Crippen molar-refractivity contribution in [3.05, 3.63) is 33.4 Å². The second kappa shape index (κ2) is 5.43. The van der Waals surface area contributed by atoms with E-state index in [1.807, 2.05) is 0 Å². The number of carbonyl (C=O) groups is 1. The Labute approximate surface area is 98.5 Å². The first kappa shape index (κ1) is 13.9. The number of nitro groups is 1. The summed E-state index contributed by atoms with van der Waals surface area (Å²) >= 11 is 0. The van der Waals surface area contributed by atoms with Crippen LogP contribution in [0.3, 0.4) is 0 Å². The molecule has 0 saturated carbocycles. The van der Waals surface area contributed by atoms with E-state index in [9.17, 15) is 28.1 Å². The monoisotopic (exact) mass is 264 g/mol. The second-order valence-corrected chi connectivity index (χ2v) is 3.15. The molecule has 6 nitrogen and oxygen atoms in total. The molecule has 18 heavy (non-hydrogen) atoms. The van der Waals surface area contributed by atoms with E-state index in [1.54, 1.807) is 0 Å². The highest BCUT2D eigenvalue weighted by molar-refractivity contribution is 5.72. The summed E-state index contributed by atoms with van der Waals surface area (Å²) in [5.74, 6) is -2.49. The average Bonchev–Trinajstić information content (AvgIpc) is 2.27. The number of esters is 1. The molecule has 0 unspecified atom stereocenters. The molecule has 1 rings (SSSR count). The third-order valence-electron chi connectivity index (χ3n) is 2.01. The zero-order chi connectivity index (χ0) is 13.9. The van der Waals surface area contributed by atoms with Crippen molar-refractivity contribution in [2.24, 2.45) is 0 Å². The smallest absolute Gasteiger partial charge is 0.311 e. The Bertz CT molecular complexity index is 493. The summed E-state index contributed by atoms with van der Waals surface area (Å²) in [7, 11) is 1.06. The van der Waals surface area contributed by atoms with Crippen LogP contribution in [0.5, 0.6) is 0 Å². The van der Waals surface area contributed by atoms with Crippen LogP contribution in [0.4, 0.5) is 18.9 Å². The number of ether oxygens (including phenoxy) is 1. The van der Waals surface area contributed by atoms with Crippen LogP contribution in [0.25, 0.3) is 0 Å². The van der Waals surface area contributed by atoms with Crippen LogP contribution in [0.1, 0.15) is 17.7 Å². The summed E-state index contributed by atoms with van der Waals surface area (Å²) in [6.45, 7) is 0. The van der Waals surface area contributed by atoms with Crippen LogP contribution in [-0.4, -0.2) is 23.0 Å². The van der Waals surface area contributed by atoms with Gasteiger partial charge in [0, 0.05) is 6.07 Å². The first-order chi connectivity index (χ1) is 8.36. The van der Waals surface area contributed by atoms with Gasteiger partial charge in [-0.05, 0) is 0 Å². The van der Waals surface area contributed by atoms with Crippen molar-refractivity contribution >= 4 is 11.7 Å². The summed E-state index contributed by atoms with van der Waals surface area (Å²) in [6.07, 6.45) is -3.91. The molecule has 0 fully saturated rings. The highest BCUT2D eigenvalue weighted by Gasteiger charge is 2.28. The fourth-order valence-electron chi connectivity index (χ4n) is 1.22. The minimum absolute atomic E-state index is 0.351. The Morgan fingerprint density at radius 2 is 2.22 bits per heavy atom. The molecule has 0 amide bonds. The highest BCUT2D eigenvalue weighted by Crippen LogP contribution is 2.31. The van der Waals surface area contributed by atoms with Gasteiger partial charge in [0.2, 0.25) is 5.95 Å². The second-order valence-electron chi connectivity index (χ2n) is 3.15. The van der Waals surface area contributed by atoms with Gasteiger partial charge in [0.05, 0.1) is 24.1 Å². The maximum absolute atomic E-state index is 13.2. The van der Waals surface area contributed by atoms with E-state index < -0.39 is 40.9 Å². The van der Waals surface area contributed by atoms with Crippen molar-refractivity contribution in [2.45, 2.75) is 12.8 Å². The molecule has 9 heteroatoms. The molecular formula is C9H7F3N2O4. The molecule has 0 N–H and O–H groups in total. The lowest BCUT2D eigenvalue weighted by Crippen LogP contribution is -2.10. The van der Waals surface area contributed by atoms with Crippen molar-refractivity contribution < 1.29 is 27.6 Å². The molecule has 0 radical (unpaired) electrons. The van der Waals surface area contributed by atoms with Crippen LogP contribution in [0.15, 0.2) is 6.07 Å². The number of rotatable bonds is 4. The summed E-state index contributed by atoms with van der Waals surface area (Å²) in [6, 6.07) is 0.626. The van der Waals surface area contributed by atoms with Crippen LogP contribution in [0.2, 0.25) is 0 Å². The topological polar surface area (TPSA) is 82.3 Å². The van der Waals surface area contributed by atoms with Gasteiger partial charge in [-0.2, -0.15) is 4.39 Å². The number of aromatic nitrogens is 1. The predicted molar refractivity (Wildman–Crippen MR) is 51.5 cm³/mol. The van der Waals surface area contributed by atoms with Crippen molar-refractivity contribution in [3.63, 3.8) is 0 Å². The van der Waals surface area contributed by atoms with Crippen molar-refractivity contribution in [1.82, 2.24) is 4.98 Å². The maximum Gasteiger partial charge on any atom is 0.311 e. The van der Waals surface area contributed by atoms with Crippen molar-refractivity contribution in [1.29, 1.82) is 0 Å². The molecule has 0 spiro atoms. The van der Waals surface area contributed by atoms with Gasteiger partial charge < -0.3 is 4.74 Å². The van der Waals surface area contributed by atoms with E-state index in [-0.39, 0.29) is 5.69 Å². The molecule has 0 atom stereocenters. The molecule has 0 aliphatic carbocycles. The molecule has 0 saturated heterocycles. The molecule has 1 heterocycles. The largest absolute Gasteiger partial charge is 0.469 e. The molecular weight excluding hydrogens is 257 g/mol. The lowest BCUT2D eigenvalue weighted by atomic mass is 10.2. The lowest BCUT2D eigenvalue weighted by molar-refractivity contribution is -0.386. The van der Waals surface area contributed by atoms with E-state index in [4.69, 9.17) is 0 Å². The number of hydrogen-bond donors (Lipinski definition) is 0. The van der Waals surface area contributed by atoms with E-state index in [2.05, 4.69) is 9.72 Å². The number of methoxy groups -OCH3 is 1. The fourth-order valence-corrected chi connectivity index (χ4v) is 1.22. The Hall–Kier alpha value is -2.19. The average molecular weight is 264 g/mol. The third-order valence-corrected chi connectivity index (χ3v) is 2.01. The highest BCUT2D eigenvalue weighted by atomic mass is 19.3. The molecule has 0 aliphatic rings. The van der Waals surface area contributed by atoms with Gasteiger partial charge in [-0.25, -0.2) is 13.8 Å². The molecule has 1 aromatic rings. The van der Waals surface area contributed by atoms with Crippen LogP contribution in [-0.2, 0) is 16.0 Å². The fraction of sp³-hybridized carbons (Fsp3) is 0.333. The molecule has 0 aromatic carbocycles. The van der Waals surface area contributed by atoms with E-state index in [0.29, 0.717) is 6.07 Å². The standard InChI is InChI=1S/C9H7F3N2O4/c1-18-6(15)3-4-2-5(14(16)17)7(8(10)11)9(12)13-4/h2,8H,3H2,1H3. The van der Waals surface area contributed by atoms with E-state index >= 15 is 0 Å². The van der Waals surface area contributed by atoms with Crippen LogP contribution >= 0.6 is 0 Å². The lowest BCUT2D eigenvalue weighted by Gasteiger charge is -2.05. The SMILES string of the molecule is COC(=O)Cc1cc([N+](=O)[O-])c(C(F)F)c(F)n1. The summed E-state index contributed by atoms with van der Waals surface area (Å²) < 4.78 is 42.3. The first-order valence-corrected chi connectivity index (χ1v) is 4.55. The number of carbonyl (C=O) groups excluding carboxylic acids is 1. The summed E-state index contributed by atoms with van der Waals surface area (Å²) in [5, 5.41) is 10.5. The molecule has 98 valence electrons. The minimum atomic E-state index is -3.37. The van der Waals surface area contributed by atoms with E-state index in [1.165, 1.54) is 0 Å². The number of halogens is 3.